The van der Waals surface area contributed by atoms with Gasteiger partial charge in [0.2, 0.25) is 0 Å². The normalized spacial score (nSPS) is 24.1. The molecular weight excluding hydrogens is 204 g/mol. The lowest BCUT2D eigenvalue weighted by Gasteiger charge is -2.17. The largest absolute Gasteiger partial charge is 0.384 e. The molecule has 0 saturated carbocycles. The van der Waals surface area contributed by atoms with E-state index < -0.39 is 6.10 Å². The number of aliphatic hydroxyl groups is 1. The highest BCUT2D eigenvalue weighted by Gasteiger charge is 2.29. The lowest BCUT2D eigenvalue weighted by atomic mass is 10.1. The van der Waals surface area contributed by atoms with Gasteiger partial charge in [-0.05, 0) is 12.8 Å². The number of nitrogens with zero attached hydrogens (tertiary/aromatic N) is 2. The maximum absolute atomic E-state index is 10.0. The van der Waals surface area contributed by atoms with Crippen LogP contribution in [-0.4, -0.2) is 27.6 Å². The lowest BCUT2D eigenvalue weighted by Crippen LogP contribution is -2.20. The Morgan fingerprint density at radius 2 is 2.57 bits per heavy atom. The van der Waals surface area contributed by atoms with Crippen molar-refractivity contribution in [1.82, 2.24) is 9.78 Å². The van der Waals surface area contributed by atoms with E-state index >= 15 is 0 Å². The fourth-order valence-corrected chi connectivity index (χ4v) is 2.06. The molecule has 0 spiro atoms. The summed E-state index contributed by atoms with van der Waals surface area (Å²) in [4.78, 5) is 0. The van der Waals surface area contributed by atoms with Gasteiger partial charge in [-0.25, -0.2) is 0 Å². The van der Waals surface area contributed by atoms with Crippen molar-refractivity contribution < 1.29 is 9.84 Å². The second-order valence-corrected chi connectivity index (χ2v) is 3.90. The molecule has 4 nitrogen and oxygen atoms in total. The lowest BCUT2D eigenvalue weighted by molar-refractivity contribution is -0.00644. The van der Waals surface area contributed by atoms with Gasteiger partial charge in [-0.1, -0.05) is 11.6 Å². The number of aromatic nitrogens is 2. The molecule has 1 aromatic heterocycles. The molecule has 1 saturated heterocycles. The van der Waals surface area contributed by atoms with Crippen molar-refractivity contribution in [1.29, 1.82) is 0 Å². The summed E-state index contributed by atoms with van der Waals surface area (Å²) < 4.78 is 6.99. The van der Waals surface area contributed by atoms with E-state index in [-0.39, 0.29) is 6.10 Å². The van der Waals surface area contributed by atoms with Crippen LogP contribution in [0.3, 0.4) is 0 Å². The third kappa shape index (κ3) is 1.65. The van der Waals surface area contributed by atoms with E-state index in [2.05, 4.69) is 5.10 Å². The fourth-order valence-electron chi connectivity index (χ4n) is 1.78. The number of aliphatic hydroxyl groups excluding tert-OH is 1. The summed E-state index contributed by atoms with van der Waals surface area (Å²) in [6.07, 6.45) is 2.61. The van der Waals surface area contributed by atoms with Gasteiger partial charge in [0, 0.05) is 13.7 Å². The minimum atomic E-state index is -0.669. The Morgan fingerprint density at radius 3 is 3.07 bits per heavy atom. The van der Waals surface area contributed by atoms with Gasteiger partial charge in [0.25, 0.3) is 0 Å². The number of rotatable bonds is 2. The Hall–Kier alpha value is -0.580. The number of hydrogen-bond donors (Lipinski definition) is 1. The number of ether oxygens (including phenoxy) is 1. The van der Waals surface area contributed by atoms with Crippen LogP contribution in [0.15, 0.2) is 6.20 Å². The molecule has 1 aliphatic rings. The Labute approximate surface area is 87.4 Å². The topological polar surface area (TPSA) is 47.3 Å². The molecule has 78 valence electrons. The van der Waals surface area contributed by atoms with Crippen LogP contribution in [0.1, 0.15) is 24.6 Å². The summed E-state index contributed by atoms with van der Waals surface area (Å²) in [5.41, 5.74) is 0.638. The van der Waals surface area contributed by atoms with Crippen molar-refractivity contribution in [2.45, 2.75) is 25.0 Å². The molecule has 1 N–H and O–H groups in total. The molecule has 2 unspecified atom stereocenters. The van der Waals surface area contributed by atoms with Crippen LogP contribution in [0.5, 0.6) is 0 Å². The van der Waals surface area contributed by atoms with E-state index in [0.29, 0.717) is 10.7 Å². The van der Waals surface area contributed by atoms with E-state index in [1.807, 2.05) is 0 Å². The maximum atomic E-state index is 10.0. The number of hydrogen-bond acceptors (Lipinski definition) is 3. The van der Waals surface area contributed by atoms with Gasteiger partial charge >= 0.3 is 0 Å². The average Bonchev–Trinajstić information content (AvgIpc) is 2.75. The third-order valence-electron chi connectivity index (χ3n) is 2.53. The van der Waals surface area contributed by atoms with Gasteiger partial charge in [0.05, 0.1) is 23.0 Å². The minimum absolute atomic E-state index is 0.136. The zero-order valence-corrected chi connectivity index (χ0v) is 8.74. The quantitative estimate of drug-likeness (QED) is 0.811. The van der Waals surface area contributed by atoms with Crippen LogP contribution < -0.4 is 0 Å². The van der Waals surface area contributed by atoms with Crippen molar-refractivity contribution >= 4 is 11.6 Å². The number of halogens is 1. The molecule has 2 atom stereocenters. The van der Waals surface area contributed by atoms with Gasteiger partial charge in [-0.2, -0.15) is 5.10 Å². The molecule has 0 aromatic carbocycles. The van der Waals surface area contributed by atoms with Crippen LogP contribution in [0.2, 0.25) is 5.02 Å². The van der Waals surface area contributed by atoms with Crippen molar-refractivity contribution in [3.8, 4) is 0 Å². The zero-order chi connectivity index (χ0) is 10.1. The molecule has 0 radical (unpaired) electrons. The molecule has 2 rings (SSSR count). The van der Waals surface area contributed by atoms with Crippen LogP contribution in [0.4, 0.5) is 0 Å². The highest BCUT2D eigenvalue weighted by atomic mass is 35.5. The summed E-state index contributed by atoms with van der Waals surface area (Å²) in [7, 11) is 1.76. The van der Waals surface area contributed by atoms with E-state index in [9.17, 15) is 5.11 Å². The maximum Gasteiger partial charge on any atom is 0.123 e. The van der Waals surface area contributed by atoms with Gasteiger partial charge < -0.3 is 9.84 Å². The van der Waals surface area contributed by atoms with Crippen LogP contribution in [-0.2, 0) is 11.8 Å². The first-order valence-electron chi connectivity index (χ1n) is 4.67. The summed E-state index contributed by atoms with van der Waals surface area (Å²) >= 11 is 5.92. The monoisotopic (exact) mass is 216 g/mol. The Morgan fingerprint density at radius 1 is 1.79 bits per heavy atom. The first-order chi connectivity index (χ1) is 6.70. The van der Waals surface area contributed by atoms with Crippen molar-refractivity contribution in [2.24, 2.45) is 7.05 Å². The smallest absolute Gasteiger partial charge is 0.123 e. The molecule has 0 aliphatic carbocycles. The number of aryl methyl sites for hydroxylation is 1. The molecule has 14 heavy (non-hydrogen) atoms. The van der Waals surface area contributed by atoms with Gasteiger partial charge in [-0.15, -0.1) is 0 Å². The van der Waals surface area contributed by atoms with Gasteiger partial charge in [-0.3, -0.25) is 4.68 Å². The molecule has 1 aromatic rings. The highest BCUT2D eigenvalue weighted by molar-refractivity contribution is 6.31. The first kappa shape index (κ1) is 9.96. The Balaban J connectivity index is 2.21. The van der Waals surface area contributed by atoms with E-state index in [0.717, 1.165) is 19.4 Å². The molecule has 1 aliphatic heterocycles. The second-order valence-electron chi connectivity index (χ2n) is 3.50. The summed E-state index contributed by atoms with van der Waals surface area (Å²) in [6, 6.07) is 0. The third-order valence-corrected chi connectivity index (χ3v) is 2.83. The predicted molar refractivity (Wildman–Crippen MR) is 52.2 cm³/mol. The molecule has 5 heteroatoms. The molecule has 0 bridgehead atoms. The molecular formula is C9H13ClN2O2. The van der Waals surface area contributed by atoms with Crippen molar-refractivity contribution in [3.05, 3.63) is 16.9 Å². The molecule has 2 heterocycles. The molecule has 0 amide bonds. The molecule has 1 fully saturated rings. The van der Waals surface area contributed by atoms with Crippen LogP contribution >= 0.6 is 11.6 Å². The first-order valence-corrected chi connectivity index (χ1v) is 5.05. The minimum Gasteiger partial charge on any atom is -0.384 e. The SMILES string of the molecule is Cn1ncc(Cl)c1C(O)C1CCCO1. The average molecular weight is 217 g/mol. The fraction of sp³-hybridized carbons (Fsp3) is 0.667. The van der Waals surface area contributed by atoms with E-state index in [1.165, 1.54) is 6.20 Å². The second kappa shape index (κ2) is 3.88. The zero-order valence-electron chi connectivity index (χ0n) is 7.98. The highest BCUT2D eigenvalue weighted by Crippen LogP contribution is 2.30. The van der Waals surface area contributed by atoms with Crippen LogP contribution in [0, 0.1) is 0 Å². The predicted octanol–water partition coefficient (Wildman–Crippen LogP) is 1.29. The Bertz CT molecular complexity index is 301. The summed E-state index contributed by atoms with van der Waals surface area (Å²) in [5.74, 6) is 0. The van der Waals surface area contributed by atoms with Gasteiger partial charge in [0.1, 0.15) is 6.10 Å². The summed E-state index contributed by atoms with van der Waals surface area (Å²) in [5, 5.41) is 14.5. The van der Waals surface area contributed by atoms with E-state index in [1.54, 1.807) is 11.7 Å². The Kier molecular flexibility index (Phi) is 2.76. The van der Waals surface area contributed by atoms with E-state index in [4.69, 9.17) is 16.3 Å². The van der Waals surface area contributed by atoms with Crippen molar-refractivity contribution in [3.63, 3.8) is 0 Å². The van der Waals surface area contributed by atoms with Crippen LogP contribution in [0.25, 0.3) is 0 Å². The van der Waals surface area contributed by atoms with Crippen molar-refractivity contribution in [2.75, 3.05) is 6.61 Å². The summed E-state index contributed by atoms with van der Waals surface area (Å²) in [6.45, 7) is 0.719. The standard InChI is InChI=1S/C9H13ClN2O2/c1-12-8(6(10)5-11-12)9(13)7-3-2-4-14-7/h5,7,9,13H,2-4H2,1H3. The van der Waals surface area contributed by atoms with Gasteiger partial charge in [0.15, 0.2) is 0 Å².